The Morgan fingerprint density at radius 3 is 2.60 bits per heavy atom. The molecule has 20 heavy (non-hydrogen) atoms. The summed E-state index contributed by atoms with van der Waals surface area (Å²) in [5.41, 5.74) is -0.440. The maximum atomic E-state index is 11.8. The molecule has 2 N–H and O–H groups in total. The summed E-state index contributed by atoms with van der Waals surface area (Å²) < 4.78 is 6.95. The zero-order valence-corrected chi connectivity index (χ0v) is 12.9. The molecule has 1 rings (SSSR count). The Morgan fingerprint density at radius 1 is 1.40 bits per heavy atom. The second kappa shape index (κ2) is 6.37. The Morgan fingerprint density at radius 2 is 2.05 bits per heavy atom. The summed E-state index contributed by atoms with van der Waals surface area (Å²) in [7, 11) is 0. The van der Waals surface area contributed by atoms with Crippen LogP contribution in [0.2, 0.25) is 0 Å². The van der Waals surface area contributed by atoms with E-state index in [1.165, 1.54) is 0 Å². The fourth-order valence-electron chi connectivity index (χ4n) is 1.41. The highest BCUT2D eigenvalue weighted by molar-refractivity contribution is 5.93. The lowest BCUT2D eigenvalue weighted by molar-refractivity contribution is -0.176. The minimum absolute atomic E-state index is 0.0619. The summed E-state index contributed by atoms with van der Waals surface area (Å²) in [6, 6.07) is 1.76. The second-order valence-corrected chi connectivity index (χ2v) is 6.32. The van der Waals surface area contributed by atoms with Crippen LogP contribution in [-0.2, 0) is 16.1 Å². The van der Waals surface area contributed by atoms with Crippen LogP contribution in [0.25, 0.3) is 0 Å². The molecule has 114 valence electrons. The highest BCUT2D eigenvalue weighted by Gasteiger charge is 2.21. The van der Waals surface area contributed by atoms with E-state index in [2.05, 4.69) is 10.4 Å². The number of amides is 1. The van der Waals surface area contributed by atoms with Crippen molar-refractivity contribution >= 4 is 11.7 Å². The van der Waals surface area contributed by atoms with E-state index in [1.54, 1.807) is 24.6 Å². The van der Waals surface area contributed by atoms with Crippen LogP contribution in [-0.4, -0.2) is 33.2 Å². The molecule has 0 spiro atoms. The first kappa shape index (κ1) is 16.7. The van der Waals surface area contributed by atoms with E-state index >= 15 is 0 Å². The van der Waals surface area contributed by atoms with Gasteiger partial charge in [0.1, 0.15) is 0 Å². The van der Waals surface area contributed by atoms with Crippen molar-refractivity contribution in [3.8, 4) is 0 Å². The van der Waals surface area contributed by atoms with Gasteiger partial charge < -0.3 is 15.2 Å². The molecule has 0 fully saturated rings. The van der Waals surface area contributed by atoms with E-state index in [9.17, 15) is 9.90 Å². The number of carbonyl (C=O) groups excluding carboxylic acids is 1. The number of nitrogens with zero attached hydrogens (tertiary/aromatic N) is 2. The summed E-state index contributed by atoms with van der Waals surface area (Å²) in [6.07, 6.45) is 2.54. The molecule has 0 aliphatic heterocycles. The number of aromatic nitrogens is 2. The molecule has 0 saturated heterocycles. The zero-order chi connectivity index (χ0) is 15.4. The minimum atomic E-state index is -1.10. The predicted octanol–water partition coefficient (Wildman–Crippen LogP) is 2.00. The lowest BCUT2D eigenvalue weighted by atomic mass is 9.96. The summed E-state index contributed by atoms with van der Waals surface area (Å²) in [6.45, 7) is 9.88. The van der Waals surface area contributed by atoms with Crippen LogP contribution in [0.1, 0.15) is 41.0 Å². The Balaban J connectivity index is 2.39. The fraction of sp³-hybridized carbons (Fsp3) is 0.714. The number of hydrogen-bond donors (Lipinski definition) is 2. The van der Waals surface area contributed by atoms with Gasteiger partial charge in [0.05, 0.1) is 6.61 Å². The van der Waals surface area contributed by atoms with Crippen molar-refractivity contribution in [2.45, 2.75) is 53.4 Å². The molecule has 1 aromatic rings. The van der Waals surface area contributed by atoms with Crippen LogP contribution in [0, 0.1) is 5.41 Å². The molecule has 0 radical (unpaired) electrons. The number of anilines is 1. The highest BCUT2D eigenvalue weighted by atomic mass is 16.6. The zero-order valence-electron chi connectivity index (χ0n) is 12.9. The third-order valence-electron chi connectivity index (χ3n) is 2.55. The molecular weight excluding hydrogens is 258 g/mol. The fourth-order valence-corrected chi connectivity index (χ4v) is 1.41. The largest absolute Gasteiger partial charge is 0.366 e. The maximum Gasteiger partial charge on any atom is 0.230 e. The molecule has 1 aromatic heterocycles. The van der Waals surface area contributed by atoms with Gasteiger partial charge in [-0.05, 0) is 20.3 Å². The summed E-state index contributed by atoms with van der Waals surface area (Å²) in [5.74, 6) is -0.614. The topological polar surface area (TPSA) is 76.4 Å². The Kier molecular flexibility index (Phi) is 5.30. The van der Waals surface area contributed by atoms with Crippen molar-refractivity contribution in [3.05, 3.63) is 12.3 Å². The quantitative estimate of drug-likeness (QED) is 0.618. The van der Waals surface area contributed by atoms with Gasteiger partial charge in [-0.2, -0.15) is 5.10 Å². The molecular formula is C14H25N3O3. The molecule has 6 nitrogen and oxygen atoms in total. The van der Waals surface area contributed by atoms with E-state index in [1.807, 2.05) is 27.0 Å². The van der Waals surface area contributed by atoms with Gasteiger partial charge in [0, 0.05) is 24.2 Å². The van der Waals surface area contributed by atoms with Crippen molar-refractivity contribution in [3.63, 3.8) is 0 Å². The molecule has 0 atom stereocenters. The van der Waals surface area contributed by atoms with Gasteiger partial charge in [-0.1, -0.05) is 20.8 Å². The monoisotopic (exact) mass is 283 g/mol. The molecule has 0 bridgehead atoms. The molecule has 0 aromatic carbocycles. The first-order chi connectivity index (χ1) is 9.08. The molecule has 0 saturated carbocycles. The molecule has 0 aliphatic carbocycles. The first-order valence-corrected chi connectivity index (χ1v) is 6.79. The number of ether oxygens (including phenoxy) is 1. The van der Waals surface area contributed by atoms with E-state index < -0.39 is 11.2 Å². The standard InChI is InChI=1S/C14H25N3O3/c1-13(2,3)12(18)15-11-7-9-17(16-11)8-6-10-20-14(4,5)19/h7,9,19H,6,8,10H2,1-5H3,(H,15,16,18). The van der Waals surface area contributed by atoms with Gasteiger partial charge >= 0.3 is 0 Å². The van der Waals surface area contributed by atoms with Crippen LogP contribution in [0.4, 0.5) is 5.82 Å². The van der Waals surface area contributed by atoms with Gasteiger partial charge in [0.2, 0.25) is 5.91 Å². The number of nitrogens with one attached hydrogen (secondary N) is 1. The molecule has 1 amide bonds. The van der Waals surface area contributed by atoms with Gasteiger partial charge in [0.15, 0.2) is 11.6 Å². The summed E-state index contributed by atoms with van der Waals surface area (Å²) >= 11 is 0. The van der Waals surface area contributed by atoms with Crippen LogP contribution in [0.3, 0.4) is 0 Å². The summed E-state index contributed by atoms with van der Waals surface area (Å²) in [5, 5.41) is 16.4. The van der Waals surface area contributed by atoms with Gasteiger partial charge in [0.25, 0.3) is 0 Å². The van der Waals surface area contributed by atoms with E-state index in [-0.39, 0.29) is 5.91 Å². The Labute approximate surface area is 120 Å². The van der Waals surface area contributed by atoms with Crippen molar-refractivity contribution in [1.82, 2.24) is 9.78 Å². The minimum Gasteiger partial charge on any atom is -0.366 e. The Hall–Kier alpha value is -1.40. The van der Waals surface area contributed by atoms with Crippen LogP contribution >= 0.6 is 0 Å². The van der Waals surface area contributed by atoms with Gasteiger partial charge in [-0.15, -0.1) is 0 Å². The third kappa shape index (κ3) is 6.16. The average Bonchev–Trinajstić information content (AvgIpc) is 2.69. The van der Waals surface area contributed by atoms with Crippen molar-refractivity contribution in [2.24, 2.45) is 5.41 Å². The van der Waals surface area contributed by atoms with E-state index in [0.29, 0.717) is 19.0 Å². The average molecular weight is 283 g/mol. The smallest absolute Gasteiger partial charge is 0.230 e. The number of aliphatic hydroxyl groups is 1. The first-order valence-electron chi connectivity index (χ1n) is 6.79. The van der Waals surface area contributed by atoms with E-state index in [0.717, 1.165) is 6.42 Å². The molecule has 0 unspecified atom stereocenters. The Bertz CT molecular complexity index is 441. The lowest BCUT2D eigenvalue weighted by Gasteiger charge is -2.17. The van der Waals surface area contributed by atoms with Crippen molar-refractivity contribution in [2.75, 3.05) is 11.9 Å². The number of rotatable bonds is 6. The normalized spacial score (nSPS) is 12.5. The molecule has 0 aliphatic rings. The van der Waals surface area contributed by atoms with Gasteiger partial charge in [-0.3, -0.25) is 9.48 Å². The van der Waals surface area contributed by atoms with Gasteiger partial charge in [-0.25, -0.2) is 0 Å². The number of aryl methyl sites for hydroxylation is 1. The second-order valence-electron chi connectivity index (χ2n) is 6.32. The summed E-state index contributed by atoms with van der Waals surface area (Å²) in [4.78, 5) is 11.8. The van der Waals surface area contributed by atoms with Crippen LogP contribution in [0.15, 0.2) is 12.3 Å². The maximum absolute atomic E-state index is 11.8. The molecule has 6 heteroatoms. The molecule has 1 heterocycles. The number of carbonyl (C=O) groups is 1. The van der Waals surface area contributed by atoms with Crippen LogP contribution in [0.5, 0.6) is 0 Å². The van der Waals surface area contributed by atoms with Crippen molar-refractivity contribution in [1.29, 1.82) is 0 Å². The van der Waals surface area contributed by atoms with Crippen molar-refractivity contribution < 1.29 is 14.6 Å². The van der Waals surface area contributed by atoms with E-state index in [4.69, 9.17) is 4.74 Å². The SMILES string of the molecule is CC(C)(O)OCCCn1ccc(NC(=O)C(C)(C)C)n1. The third-order valence-corrected chi connectivity index (χ3v) is 2.55. The highest BCUT2D eigenvalue weighted by Crippen LogP contribution is 2.16. The number of hydrogen-bond acceptors (Lipinski definition) is 4. The lowest BCUT2D eigenvalue weighted by Crippen LogP contribution is -2.27. The van der Waals surface area contributed by atoms with Crippen LogP contribution < -0.4 is 5.32 Å². The predicted molar refractivity (Wildman–Crippen MR) is 77.2 cm³/mol.